The summed E-state index contributed by atoms with van der Waals surface area (Å²) in [6, 6.07) is 0.785. The number of rotatable bonds is 6. The van der Waals surface area contributed by atoms with E-state index >= 15 is 0 Å². The average molecular weight is 309 g/mol. The van der Waals surface area contributed by atoms with Gasteiger partial charge in [-0.1, -0.05) is 0 Å². The maximum absolute atomic E-state index is 12.1. The number of thioether (sulfide) groups is 1. The molecule has 0 spiro atoms. The Kier molecular flexibility index (Phi) is 4.73. The van der Waals surface area contributed by atoms with Crippen molar-refractivity contribution in [2.24, 2.45) is 0 Å². The molecule has 2 rings (SSSR count). The summed E-state index contributed by atoms with van der Waals surface area (Å²) in [7, 11) is 0. The second-order valence-electron chi connectivity index (χ2n) is 4.38. The summed E-state index contributed by atoms with van der Waals surface area (Å²) < 4.78 is 1.44. The molecule has 1 atom stereocenters. The minimum atomic E-state index is -1.07. The standard InChI is InChI=1S/C12H15N5O3S/c1-7-3-5-13-12-15-9(16-17(7)12)10(18)14-8(11(19)20)4-6-21-2/h3,5,8H,4,6H2,1-2H3,(H,14,18)(H,19,20)/t8-/m0/s1. The quantitative estimate of drug-likeness (QED) is 0.793. The number of hydrogen-bond donors (Lipinski definition) is 2. The third-order valence-electron chi connectivity index (χ3n) is 2.85. The molecule has 1 amide bonds. The molecule has 0 aliphatic heterocycles. The Balaban J connectivity index is 2.17. The Hall–Kier alpha value is -2.16. The maximum atomic E-state index is 12.1. The molecule has 0 saturated heterocycles. The summed E-state index contributed by atoms with van der Waals surface area (Å²) in [5.41, 5.74) is 0.781. The van der Waals surface area contributed by atoms with Gasteiger partial charge in [-0.15, -0.1) is 5.10 Å². The molecule has 0 aliphatic carbocycles. The summed E-state index contributed by atoms with van der Waals surface area (Å²) in [6.45, 7) is 1.81. The number of aliphatic carboxylic acids is 1. The van der Waals surface area contributed by atoms with Gasteiger partial charge in [0, 0.05) is 11.9 Å². The third-order valence-corrected chi connectivity index (χ3v) is 3.49. The number of aryl methyl sites for hydroxylation is 1. The van der Waals surface area contributed by atoms with Crippen LogP contribution in [0.25, 0.3) is 5.78 Å². The smallest absolute Gasteiger partial charge is 0.326 e. The first-order valence-corrected chi connectivity index (χ1v) is 7.63. The van der Waals surface area contributed by atoms with Crippen molar-refractivity contribution in [2.45, 2.75) is 19.4 Å². The first-order chi connectivity index (χ1) is 10.0. The van der Waals surface area contributed by atoms with Crippen LogP contribution < -0.4 is 5.32 Å². The van der Waals surface area contributed by atoms with Crippen LogP contribution in [0.4, 0.5) is 0 Å². The highest BCUT2D eigenvalue weighted by Crippen LogP contribution is 2.04. The molecule has 0 radical (unpaired) electrons. The van der Waals surface area contributed by atoms with Gasteiger partial charge in [0.1, 0.15) is 6.04 Å². The van der Waals surface area contributed by atoms with Gasteiger partial charge in [-0.05, 0) is 31.4 Å². The lowest BCUT2D eigenvalue weighted by Crippen LogP contribution is -2.41. The molecule has 112 valence electrons. The van der Waals surface area contributed by atoms with Crippen molar-refractivity contribution in [2.75, 3.05) is 12.0 Å². The lowest BCUT2D eigenvalue weighted by molar-refractivity contribution is -0.139. The highest BCUT2D eigenvalue weighted by atomic mass is 32.2. The molecule has 2 aromatic rings. The molecule has 2 N–H and O–H groups in total. The topological polar surface area (TPSA) is 109 Å². The average Bonchev–Trinajstić information content (AvgIpc) is 2.88. The SMILES string of the molecule is CSCC[C@H](NC(=O)c1nc2nccc(C)n2n1)C(=O)O. The van der Waals surface area contributed by atoms with Gasteiger partial charge in [-0.25, -0.2) is 14.3 Å². The first-order valence-electron chi connectivity index (χ1n) is 6.24. The van der Waals surface area contributed by atoms with Crippen LogP contribution in [0.3, 0.4) is 0 Å². The largest absolute Gasteiger partial charge is 0.480 e. The molecule has 0 aliphatic rings. The lowest BCUT2D eigenvalue weighted by Gasteiger charge is -2.12. The molecule has 9 heteroatoms. The van der Waals surface area contributed by atoms with Gasteiger partial charge in [0.15, 0.2) is 0 Å². The van der Waals surface area contributed by atoms with Crippen LogP contribution in [-0.2, 0) is 4.79 Å². The Morgan fingerprint density at radius 3 is 2.90 bits per heavy atom. The van der Waals surface area contributed by atoms with Crippen molar-refractivity contribution in [3.05, 3.63) is 23.8 Å². The molecule has 2 aromatic heterocycles. The first kappa shape index (κ1) is 15.2. The zero-order chi connectivity index (χ0) is 15.4. The zero-order valence-corrected chi connectivity index (χ0v) is 12.4. The van der Waals surface area contributed by atoms with E-state index in [1.165, 1.54) is 16.3 Å². The lowest BCUT2D eigenvalue weighted by atomic mass is 10.2. The number of fused-ring (bicyclic) bond motifs is 1. The van der Waals surface area contributed by atoms with E-state index in [-0.39, 0.29) is 5.82 Å². The molecule has 0 bridgehead atoms. The van der Waals surface area contributed by atoms with Crippen molar-refractivity contribution < 1.29 is 14.7 Å². The van der Waals surface area contributed by atoms with Crippen molar-refractivity contribution in [3.63, 3.8) is 0 Å². The molecular formula is C12H15N5O3S. The van der Waals surface area contributed by atoms with Crippen LogP contribution in [0.15, 0.2) is 12.3 Å². The van der Waals surface area contributed by atoms with E-state index < -0.39 is 17.9 Å². The highest BCUT2D eigenvalue weighted by molar-refractivity contribution is 7.98. The number of amides is 1. The Bertz CT molecular complexity index is 672. The molecule has 0 saturated carbocycles. The van der Waals surface area contributed by atoms with Crippen molar-refractivity contribution >= 4 is 29.4 Å². The number of nitrogens with one attached hydrogen (secondary N) is 1. The number of nitrogens with zero attached hydrogens (tertiary/aromatic N) is 4. The number of carboxylic acids is 1. The van der Waals surface area contributed by atoms with Gasteiger partial charge in [0.2, 0.25) is 5.82 Å². The van der Waals surface area contributed by atoms with Gasteiger partial charge >= 0.3 is 5.97 Å². The number of aromatic nitrogens is 4. The Labute approximate surface area is 125 Å². The van der Waals surface area contributed by atoms with Crippen LogP contribution in [0.1, 0.15) is 22.7 Å². The maximum Gasteiger partial charge on any atom is 0.326 e. The predicted octanol–water partition coefficient (Wildman–Crippen LogP) is 0.369. The van der Waals surface area contributed by atoms with Crippen LogP contribution in [0, 0.1) is 6.92 Å². The summed E-state index contributed by atoms with van der Waals surface area (Å²) in [5, 5.41) is 15.6. The van der Waals surface area contributed by atoms with E-state index in [4.69, 9.17) is 5.11 Å². The molecule has 21 heavy (non-hydrogen) atoms. The second kappa shape index (κ2) is 6.53. The molecule has 0 unspecified atom stereocenters. The summed E-state index contributed by atoms with van der Waals surface area (Å²) in [6.07, 6.45) is 3.78. The Morgan fingerprint density at radius 2 is 2.29 bits per heavy atom. The number of hydrogen-bond acceptors (Lipinski definition) is 6. The van der Waals surface area contributed by atoms with Gasteiger partial charge in [-0.2, -0.15) is 16.7 Å². The molecule has 2 heterocycles. The number of carboxylic acid groups (broad SMARTS) is 1. The van der Waals surface area contributed by atoms with E-state index in [1.807, 2.05) is 13.2 Å². The van der Waals surface area contributed by atoms with Gasteiger partial charge in [-0.3, -0.25) is 4.79 Å². The third kappa shape index (κ3) is 3.48. The fourth-order valence-electron chi connectivity index (χ4n) is 1.72. The van der Waals surface area contributed by atoms with Gasteiger partial charge in [0.05, 0.1) is 0 Å². The molecule has 0 fully saturated rings. The number of carbonyl (C=O) groups excluding carboxylic acids is 1. The predicted molar refractivity (Wildman–Crippen MR) is 77.4 cm³/mol. The fourth-order valence-corrected chi connectivity index (χ4v) is 2.19. The summed E-state index contributed by atoms with van der Waals surface area (Å²) >= 11 is 1.52. The zero-order valence-electron chi connectivity index (χ0n) is 11.6. The van der Waals surface area contributed by atoms with E-state index in [1.54, 1.807) is 12.3 Å². The van der Waals surface area contributed by atoms with Crippen molar-refractivity contribution in [1.29, 1.82) is 0 Å². The number of carbonyl (C=O) groups is 2. The normalized spacial score (nSPS) is 12.3. The molecular weight excluding hydrogens is 294 g/mol. The van der Waals surface area contributed by atoms with Crippen LogP contribution in [0.5, 0.6) is 0 Å². The van der Waals surface area contributed by atoms with Gasteiger partial charge < -0.3 is 10.4 Å². The summed E-state index contributed by atoms with van der Waals surface area (Å²) in [5.74, 6) is -0.844. The van der Waals surface area contributed by atoms with Crippen LogP contribution in [0.2, 0.25) is 0 Å². The van der Waals surface area contributed by atoms with Crippen molar-refractivity contribution in [3.8, 4) is 0 Å². The highest BCUT2D eigenvalue weighted by Gasteiger charge is 2.23. The fraction of sp³-hybridized carbons (Fsp3) is 0.417. The minimum absolute atomic E-state index is 0.0906. The van der Waals surface area contributed by atoms with Crippen LogP contribution in [-0.4, -0.2) is 54.6 Å². The monoisotopic (exact) mass is 309 g/mol. The van der Waals surface area contributed by atoms with E-state index in [2.05, 4.69) is 20.4 Å². The minimum Gasteiger partial charge on any atom is -0.480 e. The van der Waals surface area contributed by atoms with E-state index in [9.17, 15) is 9.59 Å². The van der Waals surface area contributed by atoms with Crippen molar-refractivity contribution in [1.82, 2.24) is 24.9 Å². The van der Waals surface area contributed by atoms with Gasteiger partial charge in [0.25, 0.3) is 11.7 Å². The second-order valence-corrected chi connectivity index (χ2v) is 5.36. The Morgan fingerprint density at radius 1 is 1.52 bits per heavy atom. The summed E-state index contributed by atoms with van der Waals surface area (Å²) in [4.78, 5) is 31.2. The molecule has 0 aromatic carbocycles. The van der Waals surface area contributed by atoms with E-state index in [0.29, 0.717) is 18.0 Å². The van der Waals surface area contributed by atoms with E-state index in [0.717, 1.165) is 5.69 Å². The molecule has 8 nitrogen and oxygen atoms in total. The van der Waals surface area contributed by atoms with Crippen LogP contribution >= 0.6 is 11.8 Å².